The van der Waals surface area contributed by atoms with E-state index >= 15 is 0 Å². The average molecular weight is 348 g/mol. The van der Waals surface area contributed by atoms with Gasteiger partial charge in [0.25, 0.3) is 0 Å². The molecule has 4 heterocycles. The number of nitrogens with zero attached hydrogens (tertiary/aromatic N) is 7. The van der Waals surface area contributed by atoms with Gasteiger partial charge in [-0.05, 0) is 18.9 Å². The van der Waals surface area contributed by atoms with Crippen molar-refractivity contribution in [2.24, 2.45) is 0 Å². The molecule has 1 aliphatic carbocycles. The van der Waals surface area contributed by atoms with Crippen LogP contribution in [-0.2, 0) is 11.3 Å². The Morgan fingerprint density at radius 1 is 1.23 bits per heavy atom. The summed E-state index contributed by atoms with van der Waals surface area (Å²) in [5.41, 5.74) is 3.67. The van der Waals surface area contributed by atoms with E-state index in [9.17, 15) is 4.79 Å². The molecule has 0 saturated heterocycles. The third-order valence-corrected chi connectivity index (χ3v) is 4.75. The molecule has 1 fully saturated rings. The molecular formula is C17H16N8O. The average Bonchev–Trinajstić information content (AvgIpc) is 3.20. The number of hydrogen-bond donors (Lipinski definition) is 1. The van der Waals surface area contributed by atoms with E-state index in [-0.39, 0.29) is 12.5 Å². The fourth-order valence-corrected chi connectivity index (χ4v) is 3.11. The van der Waals surface area contributed by atoms with Crippen molar-refractivity contribution in [3.05, 3.63) is 42.7 Å². The van der Waals surface area contributed by atoms with Crippen LogP contribution in [0.15, 0.2) is 37.1 Å². The standard InChI is InChI=1S/C17H16N8O/c26-16(22-12-4-5-24-15(6-12)19-10-21-24)9-25-17-14(8-20-25)18-7-13(23-17)11-2-1-3-11/h4-8,10-11H,1-3,9H2,(H,22,26). The minimum atomic E-state index is -0.185. The number of hydrogen-bond acceptors (Lipinski definition) is 6. The summed E-state index contributed by atoms with van der Waals surface area (Å²) in [6.07, 6.45) is 10.2. The molecule has 26 heavy (non-hydrogen) atoms. The quantitative estimate of drug-likeness (QED) is 0.603. The van der Waals surface area contributed by atoms with Crippen LogP contribution in [0.25, 0.3) is 16.8 Å². The van der Waals surface area contributed by atoms with Crippen molar-refractivity contribution in [3.8, 4) is 0 Å². The lowest BCUT2D eigenvalue weighted by Crippen LogP contribution is -2.20. The molecule has 0 atom stereocenters. The first-order valence-electron chi connectivity index (χ1n) is 8.54. The molecule has 4 aromatic rings. The van der Waals surface area contributed by atoms with Gasteiger partial charge in [0.05, 0.1) is 11.9 Å². The van der Waals surface area contributed by atoms with Crippen LogP contribution in [0.3, 0.4) is 0 Å². The molecule has 1 aliphatic rings. The lowest BCUT2D eigenvalue weighted by atomic mass is 9.83. The molecule has 9 heteroatoms. The zero-order valence-electron chi connectivity index (χ0n) is 13.9. The Bertz CT molecular complexity index is 1110. The van der Waals surface area contributed by atoms with Crippen molar-refractivity contribution >= 4 is 28.4 Å². The van der Waals surface area contributed by atoms with Gasteiger partial charge in [0.2, 0.25) is 5.91 Å². The van der Waals surface area contributed by atoms with Crippen molar-refractivity contribution in [2.45, 2.75) is 31.7 Å². The third-order valence-electron chi connectivity index (χ3n) is 4.75. The van der Waals surface area contributed by atoms with E-state index in [0.717, 1.165) is 18.5 Å². The van der Waals surface area contributed by atoms with Crippen LogP contribution in [-0.4, -0.2) is 40.3 Å². The highest BCUT2D eigenvalue weighted by Gasteiger charge is 2.22. The topological polar surface area (TPSA) is 103 Å². The summed E-state index contributed by atoms with van der Waals surface area (Å²) in [6.45, 7) is 0.0736. The first-order chi connectivity index (χ1) is 12.8. The van der Waals surface area contributed by atoms with Crippen molar-refractivity contribution in [2.75, 3.05) is 5.32 Å². The summed E-state index contributed by atoms with van der Waals surface area (Å²) in [5.74, 6) is 0.300. The van der Waals surface area contributed by atoms with E-state index in [0.29, 0.717) is 28.4 Å². The van der Waals surface area contributed by atoms with E-state index in [1.54, 1.807) is 33.7 Å². The Balaban J connectivity index is 1.36. The molecule has 9 nitrogen and oxygen atoms in total. The maximum atomic E-state index is 12.4. The summed E-state index contributed by atoms with van der Waals surface area (Å²) in [7, 11) is 0. The van der Waals surface area contributed by atoms with E-state index in [1.807, 2.05) is 6.20 Å². The van der Waals surface area contributed by atoms with Crippen LogP contribution in [0.4, 0.5) is 5.69 Å². The lowest BCUT2D eigenvalue weighted by Gasteiger charge is -2.24. The predicted molar refractivity (Wildman–Crippen MR) is 93.5 cm³/mol. The first-order valence-corrected chi connectivity index (χ1v) is 8.54. The summed E-state index contributed by atoms with van der Waals surface area (Å²) in [5, 5.41) is 11.2. The van der Waals surface area contributed by atoms with Gasteiger partial charge in [-0.25, -0.2) is 24.1 Å². The number of pyridine rings is 1. The van der Waals surface area contributed by atoms with Crippen molar-refractivity contribution in [1.82, 2.24) is 34.3 Å². The number of carbonyl (C=O) groups is 1. The SMILES string of the molecule is O=C(Cn1ncc2ncc(C3CCC3)nc21)Nc1ccn2ncnc2c1. The Hall–Kier alpha value is -3.36. The monoisotopic (exact) mass is 348 g/mol. The fraction of sp³-hybridized carbons (Fsp3) is 0.294. The van der Waals surface area contributed by atoms with Crippen molar-refractivity contribution in [1.29, 1.82) is 0 Å². The maximum absolute atomic E-state index is 12.4. The molecule has 4 aromatic heterocycles. The molecular weight excluding hydrogens is 332 g/mol. The molecule has 130 valence electrons. The molecule has 1 saturated carbocycles. The van der Waals surface area contributed by atoms with Crippen LogP contribution in [0.5, 0.6) is 0 Å². The normalized spacial score (nSPS) is 14.6. The molecule has 0 bridgehead atoms. The zero-order chi connectivity index (χ0) is 17.5. The van der Waals surface area contributed by atoms with E-state index in [2.05, 4.69) is 30.5 Å². The van der Waals surface area contributed by atoms with Crippen molar-refractivity contribution in [3.63, 3.8) is 0 Å². The molecule has 1 amide bonds. The Morgan fingerprint density at radius 2 is 2.15 bits per heavy atom. The van der Waals surface area contributed by atoms with Crippen molar-refractivity contribution < 1.29 is 4.79 Å². The molecule has 0 unspecified atom stereocenters. The summed E-state index contributed by atoms with van der Waals surface area (Å²) < 4.78 is 3.23. The molecule has 5 rings (SSSR count). The second-order valence-corrected chi connectivity index (χ2v) is 6.46. The van der Waals surface area contributed by atoms with Gasteiger partial charge in [-0.3, -0.25) is 4.79 Å². The van der Waals surface area contributed by atoms with Gasteiger partial charge in [0.15, 0.2) is 11.3 Å². The van der Waals surface area contributed by atoms with E-state index in [4.69, 9.17) is 0 Å². The number of fused-ring (bicyclic) bond motifs is 2. The fourth-order valence-electron chi connectivity index (χ4n) is 3.11. The minimum absolute atomic E-state index is 0.0736. The Morgan fingerprint density at radius 3 is 3.00 bits per heavy atom. The number of aromatic nitrogens is 7. The molecule has 1 N–H and O–H groups in total. The summed E-state index contributed by atoms with van der Waals surface area (Å²) >= 11 is 0. The highest BCUT2D eigenvalue weighted by molar-refractivity contribution is 5.91. The third kappa shape index (κ3) is 2.57. The van der Waals surface area contributed by atoms with Gasteiger partial charge < -0.3 is 5.32 Å². The second-order valence-electron chi connectivity index (χ2n) is 6.46. The van der Waals surface area contributed by atoms with Crippen LogP contribution >= 0.6 is 0 Å². The molecule has 0 radical (unpaired) electrons. The maximum Gasteiger partial charge on any atom is 0.246 e. The highest BCUT2D eigenvalue weighted by Crippen LogP contribution is 2.35. The highest BCUT2D eigenvalue weighted by atomic mass is 16.2. The smallest absolute Gasteiger partial charge is 0.246 e. The van der Waals surface area contributed by atoms with Crippen LogP contribution < -0.4 is 5.32 Å². The molecule has 0 spiro atoms. The largest absolute Gasteiger partial charge is 0.324 e. The van der Waals surface area contributed by atoms with Gasteiger partial charge in [0, 0.05) is 30.1 Å². The summed E-state index contributed by atoms with van der Waals surface area (Å²) in [4.78, 5) is 25.6. The molecule has 0 aromatic carbocycles. The van der Waals surface area contributed by atoms with Crippen LogP contribution in [0.2, 0.25) is 0 Å². The van der Waals surface area contributed by atoms with Crippen LogP contribution in [0, 0.1) is 0 Å². The van der Waals surface area contributed by atoms with Gasteiger partial charge in [-0.15, -0.1) is 0 Å². The second kappa shape index (κ2) is 5.87. The van der Waals surface area contributed by atoms with E-state index < -0.39 is 0 Å². The predicted octanol–water partition coefficient (Wildman–Crippen LogP) is 1.78. The van der Waals surface area contributed by atoms with Gasteiger partial charge in [-0.1, -0.05) is 6.42 Å². The number of carbonyl (C=O) groups excluding carboxylic acids is 1. The number of nitrogens with one attached hydrogen (secondary N) is 1. The van der Waals surface area contributed by atoms with E-state index in [1.165, 1.54) is 12.7 Å². The number of rotatable bonds is 4. The number of amides is 1. The van der Waals surface area contributed by atoms with Gasteiger partial charge in [-0.2, -0.15) is 10.2 Å². The summed E-state index contributed by atoms with van der Waals surface area (Å²) in [6, 6.07) is 3.54. The Labute approximate surface area is 148 Å². The number of anilines is 1. The van der Waals surface area contributed by atoms with Gasteiger partial charge in [0.1, 0.15) is 18.4 Å². The zero-order valence-corrected chi connectivity index (χ0v) is 13.9. The Kier molecular flexibility index (Phi) is 3.37. The lowest BCUT2D eigenvalue weighted by molar-refractivity contribution is -0.116. The molecule has 0 aliphatic heterocycles. The first kappa shape index (κ1) is 14.9. The minimum Gasteiger partial charge on any atom is -0.324 e. The van der Waals surface area contributed by atoms with Crippen LogP contribution in [0.1, 0.15) is 30.9 Å². The van der Waals surface area contributed by atoms with Gasteiger partial charge >= 0.3 is 0 Å².